The number of nitrogens with zero attached hydrogens (tertiary/aromatic N) is 3. The summed E-state index contributed by atoms with van der Waals surface area (Å²) in [7, 11) is 2.08. The van der Waals surface area contributed by atoms with Gasteiger partial charge in [0.25, 0.3) is 0 Å². The molecule has 4 heteroatoms. The van der Waals surface area contributed by atoms with Gasteiger partial charge >= 0.3 is 0 Å². The van der Waals surface area contributed by atoms with Gasteiger partial charge < -0.3 is 14.9 Å². The van der Waals surface area contributed by atoms with E-state index in [0.717, 1.165) is 31.7 Å². The molecule has 18 heavy (non-hydrogen) atoms. The summed E-state index contributed by atoms with van der Waals surface area (Å²) in [6.45, 7) is 2.96. The number of benzene rings is 1. The van der Waals surface area contributed by atoms with Gasteiger partial charge in [-0.2, -0.15) is 5.26 Å². The summed E-state index contributed by atoms with van der Waals surface area (Å²) in [6.07, 6.45) is 1.07. The summed E-state index contributed by atoms with van der Waals surface area (Å²) >= 11 is 0. The predicted molar refractivity (Wildman–Crippen MR) is 71.5 cm³/mol. The molecule has 0 aromatic heterocycles. The number of hydrogen-bond donors (Lipinski definition) is 1. The van der Waals surface area contributed by atoms with Crippen LogP contribution in [0.15, 0.2) is 24.3 Å². The lowest BCUT2D eigenvalue weighted by molar-refractivity contribution is 0.229. The highest BCUT2D eigenvalue weighted by molar-refractivity contribution is 5.52. The molecule has 0 radical (unpaired) electrons. The minimum Gasteiger partial charge on any atom is -0.394 e. The fourth-order valence-electron chi connectivity index (χ4n) is 2.49. The SMILES string of the molecule is CN1CCCN(c2cccc(C#N)c2)C(CO)C1. The maximum Gasteiger partial charge on any atom is 0.0992 e. The lowest BCUT2D eigenvalue weighted by atomic mass is 10.1. The minimum absolute atomic E-state index is 0.103. The number of aliphatic hydroxyl groups is 1. The maximum atomic E-state index is 9.56. The van der Waals surface area contributed by atoms with E-state index in [1.807, 2.05) is 18.2 Å². The van der Waals surface area contributed by atoms with Crippen LogP contribution in [0.5, 0.6) is 0 Å². The van der Waals surface area contributed by atoms with Crippen molar-refractivity contribution in [3.8, 4) is 6.07 Å². The Bertz CT molecular complexity index is 441. The normalized spacial score (nSPS) is 21.4. The van der Waals surface area contributed by atoms with E-state index in [0.29, 0.717) is 5.56 Å². The third-order valence-corrected chi connectivity index (χ3v) is 3.42. The number of rotatable bonds is 2. The zero-order chi connectivity index (χ0) is 13.0. The Balaban J connectivity index is 2.25. The third kappa shape index (κ3) is 2.81. The van der Waals surface area contributed by atoms with Gasteiger partial charge in [0.05, 0.1) is 24.3 Å². The second-order valence-electron chi connectivity index (χ2n) is 4.81. The Morgan fingerprint density at radius 3 is 3.00 bits per heavy atom. The molecule has 0 amide bonds. The molecule has 1 heterocycles. The Morgan fingerprint density at radius 2 is 2.28 bits per heavy atom. The first-order valence-electron chi connectivity index (χ1n) is 6.31. The molecule has 0 saturated carbocycles. The lowest BCUT2D eigenvalue weighted by Gasteiger charge is -2.31. The van der Waals surface area contributed by atoms with Gasteiger partial charge in [-0.05, 0) is 38.2 Å². The van der Waals surface area contributed by atoms with Crippen LogP contribution >= 0.6 is 0 Å². The largest absolute Gasteiger partial charge is 0.394 e. The molecule has 1 aromatic carbocycles. The summed E-state index contributed by atoms with van der Waals surface area (Å²) in [4.78, 5) is 4.46. The molecule has 2 rings (SSSR count). The van der Waals surface area contributed by atoms with Gasteiger partial charge in [-0.15, -0.1) is 0 Å². The molecule has 4 nitrogen and oxygen atoms in total. The number of likely N-dealkylation sites (N-methyl/N-ethyl adjacent to an activating group) is 1. The molecule has 1 aliphatic rings. The van der Waals surface area contributed by atoms with Crippen molar-refractivity contribution in [1.29, 1.82) is 5.26 Å². The Morgan fingerprint density at radius 1 is 1.44 bits per heavy atom. The van der Waals surface area contributed by atoms with Crippen molar-refractivity contribution in [1.82, 2.24) is 4.90 Å². The van der Waals surface area contributed by atoms with Gasteiger partial charge in [0.2, 0.25) is 0 Å². The molecule has 1 atom stereocenters. The predicted octanol–water partition coefficient (Wildman–Crippen LogP) is 1.06. The summed E-state index contributed by atoms with van der Waals surface area (Å²) in [5, 5.41) is 18.5. The molecular formula is C14H19N3O. The molecule has 1 unspecified atom stereocenters. The summed E-state index contributed by atoms with van der Waals surface area (Å²) in [5.41, 5.74) is 1.70. The second-order valence-corrected chi connectivity index (χ2v) is 4.81. The highest BCUT2D eigenvalue weighted by Crippen LogP contribution is 2.21. The van der Waals surface area contributed by atoms with E-state index in [9.17, 15) is 5.11 Å². The van der Waals surface area contributed by atoms with E-state index >= 15 is 0 Å². The first kappa shape index (κ1) is 12.9. The van der Waals surface area contributed by atoms with Crippen molar-refractivity contribution >= 4 is 5.69 Å². The van der Waals surface area contributed by atoms with Crippen molar-refractivity contribution < 1.29 is 5.11 Å². The molecule has 0 aliphatic carbocycles. The average molecular weight is 245 g/mol. The smallest absolute Gasteiger partial charge is 0.0992 e. The van der Waals surface area contributed by atoms with E-state index < -0.39 is 0 Å². The van der Waals surface area contributed by atoms with Gasteiger partial charge in [0, 0.05) is 18.8 Å². The van der Waals surface area contributed by atoms with Gasteiger partial charge in [0.15, 0.2) is 0 Å². The van der Waals surface area contributed by atoms with Crippen molar-refractivity contribution in [3.63, 3.8) is 0 Å². The zero-order valence-electron chi connectivity index (χ0n) is 10.7. The van der Waals surface area contributed by atoms with Crippen LogP contribution in [-0.2, 0) is 0 Å². The van der Waals surface area contributed by atoms with Crippen molar-refractivity contribution in [2.45, 2.75) is 12.5 Å². The highest BCUT2D eigenvalue weighted by atomic mass is 16.3. The molecule has 1 aliphatic heterocycles. The van der Waals surface area contributed by atoms with Crippen LogP contribution in [0, 0.1) is 11.3 Å². The second kappa shape index (κ2) is 5.85. The van der Waals surface area contributed by atoms with E-state index in [2.05, 4.69) is 22.9 Å². The number of hydrogen-bond acceptors (Lipinski definition) is 4. The topological polar surface area (TPSA) is 50.5 Å². The fraction of sp³-hybridized carbons (Fsp3) is 0.500. The van der Waals surface area contributed by atoms with Crippen LogP contribution in [0.4, 0.5) is 5.69 Å². The minimum atomic E-state index is 0.103. The van der Waals surface area contributed by atoms with Crippen LogP contribution in [0.2, 0.25) is 0 Å². The maximum absolute atomic E-state index is 9.56. The Kier molecular flexibility index (Phi) is 4.19. The fourth-order valence-corrected chi connectivity index (χ4v) is 2.49. The summed E-state index contributed by atoms with van der Waals surface area (Å²) < 4.78 is 0. The van der Waals surface area contributed by atoms with E-state index in [4.69, 9.17) is 5.26 Å². The summed E-state index contributed by atoms with van der Waals surface area (Å²) in [6, 6.07) is 9.88. The number of aliphatic hydroxyl groups excluding tert-OH is 1. The van der Waals surface area contributed by atoms with Gasteiger partial charge in [-0.25, -0.2) is 0 Å². The van der Waals surface area contributed by atoms with Crippen LogP contribution in [0.25, 0.3) is 0 Å². The van der Waals surface area contributed by atoms with E-state index in [1.54, 1.807) is 6.07 Å². The molecule has 0 spiro atoms. The van der Waals surface area contributed by atoms with Crippen molar-refractivity contribution in [2.75, 3.05) is 38.2 Å². The molecule has 0 bridgehead atoms. The van der Waals surface area contributed by atoms with Gasteiger partial charge in [-0.1, -0.05) is 6.07 Å². The van der Waals surface area contributed by atoms with Crippen molar-refractivity contribution in [2.24, 2.45) is 0 Å². The molecular weight excluding hydrogens is 226 g/mol. The first-order chi connectivity index (χ1) is 8.74. The van der Waals surface area contributed by atoms with Crippen molar-refractivity contribution in [3.05, 3.63) is 29.8 Å². The van der Waals surface area contributed by atoms with Gasteiger partial charge in [-0.3, -0.25) is 0 Å². The van der Waals surface area contributed by atoms with E-state index in [-0.39, 0.29) is 12.6 Å². The molecule has 1 fully saturated rings. The quantitative estimate of drug-likeness (QED) is 0.846. The molecule has 1 saturated heterocycles. The van der Waals surface area contributed by atoms with Crippen LogP contribution in [-0.4, -0.2) is 49.3 Å². The average Bonchev–Trinajstić information content (AvgIpc) is 2.60. The molecule has 1 aromatic rings. The summed E-state index contributed by atoms with van der Waals surface area (Å²) in [5.74, 6) is 0. The highest BCUT2D eigenvalue weighted by Gasteiger charge is 2.23. The van der Waals surface area contributed by atoms with Crippen LogP contribution in [0.1, 0.15) is 12.0 Å². The standard InChI is InChI=1S/C14H19N3O/c1-16-6-3-7-17(14(10-16)11-18)13-5-2-4-12(8-13)9-15/h2,4-5,8,14,18H,3,6-7,10-11H2,1H3. The van der Waals surface area contributed by atoms with Gasteiger partial charge in [0.1, 0.15) is 0 Å². The van der Waals surface area contributed by atoms with Crippen LogP contribution in [0.3, 0.4) is 0 Å². The number of nitriles is 1. The third-order valence-electron chi connectivity index (χ3n) is 3.42. The Labute approximate surface area is 108 Å². The Hall–Kier alpha value is -1.57. The van der Waals surface area contributed by atoms with Crippen LogP contribution < -0.4 is 4.90 Å². The van der Waals surface area contributed by atoms with E-state index in [1.165, 1.54) is 0 Å². The zero-order valence-corrected chi connectivity index (χ0v) is 10.7. The molecule has 96 valence electrons. The lowest BCUT2D eigenvalue weighted by Crippen LogP contribution is -2.42. The number of anilines is 1. The monoisotopic (exact) mass is 245 g/mol. The molecule has 1 N–H and O–H groups in total. The first-order valence-corrected chi connectivity index (χ1v) is 6.31.